The first-order chi connectivity index (χ1) is 15.9. The summed E-state index contributed by atoms with van der Waals surface area (Å²) in [5.74, 6) is -0.0574. The highest BCUT2D eigenvalue weighted by Crippen LogP contribution is 2.28. The van der Waals surface area contributed by atoms with E-state index in [0.29, 0.717) is 0 Å². The third-order valence-electron chi connectivity index (χ3n) is 6.27. The van der Waals surface area contributed by atoms with Gasteiger partial charge in [0, 0.05) is 36.2 Å². The number of aryl methyl sites for hydroxylation is 3. The zero-order chi connectivity index (χ0) is 23.5. The molecule has 2 heterocycles. The Morgan fingerprint density at radius 1 is 0.939 bits per heavy atom. The van der Waals surface area contributed by atoms with Crippen molar-refractivity contribution in [2.75, 3.05) is 23.3 Å². The number of rotatable bonds is 7. The molecular weight excluding hydrogens is 408 g/mol. The van der Waals surface area contributed by atoms with Crippen molar-refractivity contribution in [2.24, 2.45) is 0 Å². The fourth-order valence-electron chi connectivity index (χ4n) is 4.19. The molecule has 0 unspecified atom stereocenters. The summed E-state index contributed by atoms with van der Waals surface area (Å²) < 4.78 is 2.03. The summed E-state index contributed by atoms with van der Waals surface area (Å²) in [4.78, 5) is 20.2. The normalized spacial score (nSPS) is 11.1. The highest BCUT2D eigenvalue weighted by Gasteiger charge is 2.18. The molecule has 5 nitrogen and oxygen atoms in total. The van der Waals surface area contributed by atoms with Gasteiger partial charge in [0.15, 0.2) is 0 Å². The number of fused-ring (bicyclic) bond motifs is 1. The molecule has 4 aromatic rings. The first-order valence-corrected chi connectivity index (χ1v) is 11.6. The summed E-state index contributed by atoms with van der Waals surface area (Å²) in [6, 6.07) is 18.5. The van der Waals surface area contributed by atoms with E-state index in [1.807, 2.05) is 28.8 Å². The Morgan fingerprint density at radius 3 is 2.33 bits per heavy atom. The van der Waals surface area contributed by atoms with E-state index in [1.54, 1.807) is 0 Å². The summed E-state index contributed by atoms with van der Waals surface area (Å²) in [7, 11) is 0. The number of hydrogen-bond donors (Lipinski definition) is 1. The molecule has 2 aromatic heterocycles. The molecule has 0 aliphatic carbocycles. The van der Waals surface area contributed by atoms with Gasteiger partial charge in [0.1, 0.15) is 5.65 Å². The lowest BCUT2D eigenvalue weighted by Gasteiger charge is -2.21. The van der Waals surface area contributed by atoms with E-state index in [4.69, 9.17) is 4.98 Å². The van der Waals surface area contributed by atoms with E-state index >= 15 is 0 Å². The van der Waals surface area contributed by atoms with Crippen LogP contribution >= 0.6 is 0 Å². The molecule has 0 saturated heterocycles. The standard InChI is InChI=1S/C28H32N4O/c1-6-31(7-2)24-12-10-23(11-13-24)29-27(33)18-25-28(22-9-8-20(4)21(5)17-22)30-26-16-19(3)14-15-32(25)26/h8-17H,6-7,18H2,1-5H3,(H,29,33). The summed E-state index contributed by atoms with van der Waals surface area (Å²) in [6.45, 7) is 12.5. The molecule has 0 radical (unpaired) electrons. The molecular formula is C28H32N4O. The minimum Gasteiger partial charge on any atom is -0.372 e. The molecule has 0 aliphatic rings. The lowest BCUT2D eigenvalue weighted by atomic mass is 10.0. The number of anilines is 2. The van der Waals surface area contributed by atoms with Crippen molar-refractivity contribution in [3.05, 3.63) is 83.2 Å². The number of amides is 1. The van der Waals surface area contributed by atoms with Crippen molar-refractivity contribution >= 4 is 22.9 Å². The molecule has 1 amide bonds. The third-order valence-corrected chi connectivity index (χ3v) is 6.27. The Labute approximate surface area is 196 Å². The SMILES string of the molecule is CCN(CC)c1ccc(NC(=O)Cc2c(-c3ccc(C)c(C)c3)nc3cc(C)ccn23)cc1. The second-order valence-corrected chi connectivity index (χ2v) is 8.58. The maximum absolute atomic E-state index is 13.1. The first-order valence-electron chi connectivity index (χ1n) is 11.6. The predicted octanol–water partition coefficient (Wildman–Crippen LogP) is 5.95. The monoisotopic (exact) mass is 440 g/mol. The predicted molar refractivity (Wildman–Crippen MR) is 137 cm³/mol. The fourth-order valence-corrected chi connectivity index (χ4v) is 4.19. The van der Waals surface area contributed by atoms with Gasteiger partial charge in [-0.3, -0.25) is 4.79 Å². The van der Waals surface area contributed by atoms with E-state index in [1.165, 1.54) is 11.1 Å². The second kappa shape index (κ2) is 9.49. The number of aromatic nitrogens is 2. The molecule has 33 heavy (non-hydrogen) atoms. The minimum atomic E-state index is -0.0574. The van der Waals surface area contributed by atoms with Crippen molar-refractivity contribution in [3.8, 4) is 11.3 Å². The molecule has 0 bridgehead atoms. The van der Waals surface area contributed by atoms with Crippen LogP contribution in [0.4, 0.5) is 11.4 Å². The van der Waals surface area contributed by atoms with Crippen molar-refractivity contribution in [2.45, 2.75) is 41.0 Å². The maximum Gasteiger partial charge on any atom is 0.230 e. The van der Waals surface area contributed by atoms with Crippen LogP contribution < -0.4 is 10.2 Å². The number of nitrogens with one attached hydrogen (secondary N) is 1. The van der Waals surface area contributed by atoms with Gasteiger partial charge in [-0.15, -0.1) is 0 Å². The Morgan fingerprint density at radius 2 is 1.67 bits per heavy atom. The van der Waals surface area contributed by atoms with Crippen LogP contribution in [0.15, 0.2) is 60.8 Å². The zero-order valence-electron chi connectivity index (χ0n) is 20.1. The van der Waals surface area contributed by atoms with Crippen LogP contribution in [0.2, 0.25) is 0 Å². The smallest absolute Gasteiger partial charge is 0.230 e. The lowest BCUT2D eigenvalue weighted by molar-refractivity contribution is -0.115. The number of benzene rings is 2. The van der Waals surface area contributed by atoms with Crippen LogP contribution in [0, 0.1) is 20.8 Å². The van der Waals surface area contributed by atoms with Crippen LogP contribution in [0.1, 0.15) is 36.2 Å². The molecule has 0 saturated carbocycles. The Kier molecular flexibility index (Phi) is 6.50. The maximum atomic E-state index is 13.1. The third kappa shape index (κ3) is 4.77. The van der Waals surface area contributed by atoms with Crippen molar-refractivity contribution in [3.63, 3.8) is 0 Å². The van der Waals surface area contributed by atoms with E-state index in [9.17, 15) is 4.79 Å². The highest BCUT2D eigenvalue weighted by atomic mass is 16.1. The number of carbonyl (C=O) groups is 1. The van der Waals surface area contributed by atoms with Crippen LogP contribution in [-0.4, -0.2) is 28.4 Å². The van der Waals surface area contributed by atoms with Gasteiger partial charge in [-0.05, 0) is 93.8 Å². The average Bonchev–Trinajstić information content (AvgIpc) is 3.14. The van der Waals surface area contributed by atoms with Crippen molar-refractivity contribution in [1.82, 2.24) is 9.38 Å². The van der Waals surface area contributed by atoms with Gasteiger partial charge < -0.3 is 14.6 Å². The number of nitrogens with zero attached hydrogens (tertiary/aromatic N) is 3. The molecule has 0 atom stereocenters. The molecule has 2 aromatic carbocycles. The van der Waals surface area contributed by atoms with Crippen molar-refractivity contribution in [1.29, 1.82) is 0 Å². The van der Waals surface area contributed by atoms with Crippen LogP contribution in [0.25, 0.3) is 16.9 Å². The van der Waals surface area contributed by atoms with Gasteiger partial charge in [-0.2, -0.15) is 0 Å². The Bertz CT molecular complexity index is 1280. The molecule has 0 fully saturated rings. The fraction of sp³-hybridized carbons (Fsp3) is 0.286. The van der Waals surface area contributed by atoms with Gasteiger partial charge in [0.2, 0.25) is 5.91 Å². The quantitative estimate of drug-likeness (QED) is 0.386. The Balaban J connectivity index is 1.63. The lowest BCUT2D eigenvalue weighted by Crippen LogP contribution is -2.21. The minimum absolute atomic E-state index is 0.0574. The van der Waals surface area contributed by atoms with Crippen LogP contribution in [0.5, 0.6) is 0 Å². The molecule has 170 valence electrons. The second-order valence-electron chi connectivity index (χ2n) is 8.58. The van der Waals surface area contributed by atoms with Crippen LogP contribution in [-0.2, 0) is 11.2 Å². The van der Waals surface area contributed by atoms with Gasteiger partial charge >= 0.3 is 0 Å². The molecule has 0 aliphatic heterocycles. The van der Waals surface area contributed by atoms with E-state index in [2.05, 4.69) is 81.2 Å². The topological polar surface area (TPSA) is 49.6 Å². The highest BCUT2D eigenvalue weighted by molar-refractivity contribution is 5.93. The van der Waals surface area contributed by atoms with Gasteiger partial charge in [0.05, 0.1) is 17.8 Å². The van der Waals surface area contributed by atoms with E-state index in [0.717, 1.165) is 52.6 Å². The number of imidazole rings is 1. The average molecular weight is 441 g/mol. The number of carbonyl (C=O) groups excluding carboxylic acids is 1. The molecule has 4 rings (SSSR count). The molecule has 0 spiro atoms. The van der Waals surface area contributed by atoms with E-state index < -0.39 is 0 Å². The van der Waals surface area contributed by atoms with Gasteiger partial charge in [0.25, 0.3) is 0 Å². The zero-order valence-corrected chi connectivity index (χ0v) is 20.1. The summed E-state index contributed by atoms with van der Waals surface area (Å²) >= 11 is 0. The number of pyridine rings is 1. The number of hydrogen-bond acceptors (Lipinski definition) is 3. The summed E-state index contributed by atoms with van der Waals surface area (Å²) in [5.41, 5.74) is 9.20. The van der Waals surface area contributed by atoms with Crippen molar-refractivity contribution < 1.29 is 4.79 Å². The molecule has 1 N–H and O–H groups in total. The summed E-state index contributed by atoms with van der Waals surface area (Å²) in [6.07, 6.45) is 2.24. The van der Waals surface area contributed by atoms with Crippen LogP contribution in [0.3, 0.4) is 0 Å². The molecule has 5 heteroatoms. The Hall–Kier alpha value is -3.60. The van der Waals surface area contributed by atoms with E-state index in [-0.39, 0.29) is 12.3 Å². The first kappa shape index (κ1) is 22.6. The largest absolute Gasteiger partial charge is 0.372 e. The van der Waals surface area contributed by atoms with Gasteiger partial charge in [-0.1, -0.05) is 12.1 Å². The van der Waals surface area contributed by atoms with Gasteiger partial charge in [-0.25, -0.2) is 4.98 Å². The summed E-state index contributed by atoms with van der Waals surface area (Å²) in [5, 5.41) is 3.06.